The van der Waals surface area contributed by atoms with Crippen LogP contribution in [0.4, 0.5) is 10.1 Å². The highest BCUT2D eigenvalue weighted by atomic mass is 35.5. The fourth-order valence-corrected chi connectivity index (χ4v) is 3.86. The molecule has 0 radical (unpaired) electrons. The minimum atomic E-state index is -1.19. The summed E-state index contributed by atoms with van der Waals surface area (Å²) < 4.78 is 15.0. The summed E-state index contributed by atoms with van der Waals surface area (Å²) in [5.41, 5.74) is 1.75. The molecular formula is C14H10Cl2FNO2S. The van der Waals surface area contributed by atoms with Crippen LogP contribution in [0.3, 0.4) is 0 Å². The largest absolute Gasteiger partial charge is 0.383 e. The first-order chi connectivity index (χ1) is 9.95. The molecule has 7 heteroatoms. The SMILES string of the molecule is O=C1CCc2cc(C(O)c3cc(Cl)sc3Cl)c(F)cc2N1. The number of fused-ring (bicyclic) bond motifs is 1. The summed E-state index contributed by atoms with van der Waals surface area (Å²) in [4.78, 5) is 11.3. The molecule has 1 amide bonds. The molecule has 1 unspecified atom stereocenters. The summed E-state index contributed by atoms with van der Waals surface area (Å²) in [6, 6.07) is 4.32. The average molecular weight is 346 g/mol. The summed E-state index contributed by atoms with van der Waals surface area (Å²) in [6.45, 7) is 0. The number of carbonyl (C=O) groups is 1. The first-order valence-corrected chi connectivity index (χ1v) is 7.78. The zero-order valence-electron chi connectivity index (χ0n) is 10.6. The smallest absolute Gasteiger partial charge is 0.224 e. The maximum atomic E-state index is 14.2. The van der Waals surface area contributed by atoms with Crippen LogP contribution in [0.25, 0.3) is 0 Å². The van der Waals surface area contributed by atoms with Crippen LogP contribution >= 0.6 is 34.5 Å². The third-order valence-electron chi connectivity index (χ3n) is 3.39. The van der Waals surface area contributed by atoms with Crippen LogP contribution in [0.15, 0.2) is 18.2 Å². The lowest BCUT2D eigenvalue weighted by atomic mass is 9.96. The number of benzene rings is 1. The molecule has 1 aliphatic heterocycles. The van der Waals surface area contributed by atoms with Crippen LogP contribution in [0.1, 0.15) is 29.2 Å². The van der Waals surface area contributed by atoms with Gasteiger partial charge < -0.3 is 10.4 Å². The average Bonchev–Trinajstić information content (AvgIpc) is 2.76. The number of aliphatic hydroxyl groups is 1. The molecule has 1 aromatic heterocycles. The van der Waals surface area contributed by atoms with E-state index in [1.54, 1.807) is 6.07 Å². The van der Waals surface area contributed by atoms with Crippen LogP contribution < -0.4 is 5.32 Å². The van der Waals surface area contributed by atoms with Crippen molar-refractivity contribution in [2.75, 3.05) is 5.32 Å². The monoisotopic (exact) mass is 345 g/mol. The number of amides is 1. The molecule has 21 heavy (non-hydrogen) atoms. The number of halogens is 3. The van der Waals surface area contributed by atoms with E-state index in [4.69, 9.17) is 23.2 Å². The van der Waals surface area contributed by atoms with Crippen molar-refractivity contribution in [2.24, 2.45) is 0 Å². The molecule has 0 bridgehead atoms. The molecule has 3 rings (SSSR count). The standard InChI is InChI=1S/C14H10Cl2FNO2S/c15-11-4-8(14(16)21-11)13(20)7-3-6-1-2-12(19)18-10(6)5-9(7)17/h3-5,13,20H,1-2H2,(H,18,19). The van der Waals surface area contributed by atoms with Gasteiger partial charge in [0.05, 0.1) is 4.34 Å². The Hall–Kier alpha value is -1.14. The number of hydrogen-bond acceptors (Lipinski definition) is 3. The predicted octanol–water partition coefficient (Wildman–Crippen LogP) is 4.16. The molecule has 0 aliphatic carbocycles. The maximum Gasteiger partial charge on any atom is 0.224 e. The van der Waals surface area contributed by atoms with Gasteiger partial charge in [-0.15, -0.1) is 11.3 Å². The first kappa shape index (κ1) is 14.8. The zero-order valence-corrected chi connectivity index (χ0v) is 12.9. The Morgan fingerprint density at radius 1 is 1.24 bits per heavy atom. The summed E-state index contributed by atoms with van der Waals surface area (Å²) in [5.74, 6) is -0.732. The van der Waals surface area contributed by atoms with Crippen LogP contribution in [0.2, 0.25) is 8.67 Å². The van der Waals surface area contributed by atoms with Crippen LogP contribution in [0.5, 0.6) is 0 Å². The zero-order chi connectivity index (χ0) is 15.1. The van der Waals surface area contributed by atoms with Gasteiger partial charge in [-0.3, -0.25) is 4.79 Å². The van der Waals surface area contributed by atoms with E-state index in [-0.39, 0.29) is 11.5 Å². The van der Waals surface area contributed by atoms with Crippen LogP contribution in [0, 0.1) is 5.82 Å². The van der Waals surface area contributed by atoms with Gasteiger partial charge in [-0.05, 0) is 30.2 Å². The minimum Gasteiger partial charge on any atom is -0.383 e. The highest BCUT2D eigenvalue weighted by Gasteiger charge is 2.24. The Morgan fingerprint density at radius 2 is 2.00 bits per heavy atom. The predicted molar refractivity (Wildman–Crippen MR) is 81.8 cm³/mol. The molecule has 2 heterocycles. The van der Waals surface area contributed by atoms with Crippen molar-refractivity contribution in [3.8, 4) is 0 Å². The summed E-state index contributed by atoms with van der Waals surface area (Å²) in [7, 11) is 0. The highest BCUT2D eigenvalue weighted by Crippen LogP contribution is 2.39. The molecule has 0 spiro atoms. The lowest BCUT2D eigenvalue weighted by Gasteiger charge is -2.20. The summed E-state index contributed by atoms with van der Waals surface area (Å²) in [5, 5.41) is 13.0. The van der Waals surface area contributed by atoms with E-state index in [0.29, 0.717) is 32.8 Å². The van der Waals surface area contributed by atoms with Gasteiger partial charge in [-0.2, -0.15) is 0 Å². The second kappa shape index (κ2) is 5.57. The van der Waals surface area contributed by atoms with Gasteiger partial charge in [0.1, 0.15) is 16.3 Å². The second-order valence-electron chi connectivity index (χ2n) is 4.76. The van der Waals surface area contributed by atoms with Crippen molar-refractivity contribution in [3.63, 3.8) is 0 Å². The van der Waals surface area contributed by atoms with Crippen molar-refractivity contribution >= 4 is 46.1 Å². The van der Waals surface area contributed by atoms with E-state index in [1.807, 2.05) is 0 Å². The molecule has 0 saturated carbocycles. The molecule has 1 aromatic carbocycles. The summed E-state index contributed by atoms with van der Waals surface area (Å²) >= 11 is 13.0. The van der Waals surface area contributed by atoms with E-state index >= 15 is 0 Å². The Labute approximate surface area is 134 Å². The van der Waals surface area contributed by atoms with E-state index in [9.17, 15) is 14.3 Å². The normalized spacial score (nSPS) is 15.5. The number of anilines is 1. The maximum absolute atomic E-state index is 14.2. The van der Waals surface area contributed by atoms with Gasteiger partial charge >= 0.3 is 0 Å². The molecule has 0 saturated heterocycles. The van der Waals surface area contributed by atoms with Crippen molar-refractivity contribution < 1.29 is 14.3 Å². The van der Waals surface area contributed by atoms with Crippen molar-refractivity contribution in [2.45, 2.75) is 18.9 Å². The molecule has 110 valence electrons. The van der Waals surface area contributed by atoms with E-state index < -0.39 is 11.9 Å². The Bertz CT molecular complexity index is 732. The van der Waals surface area contributed by atoms with Gasteiger partial charge in [0.15, 0.2) is 0 Å². The van der Waals surface area contributed by atoms with Crippen molar-refractivity contribution in [1.29, 1.82) is 0 Å². The van der Waals surface area contributed by atoms with Gasteiger partial charge in [0, 0.05) is 23.2 Å². The molecule has 1 aliphatic rings. The van der Waals surface area contributed by atoms with E-state index in [2.05, 4.69) is 5.32 Å². The minimum absolute atomic E-state index is 0.126. The summed E-state index contributed by atoms with van der Waals surface area (Å²) in [6.07, 6.45) is -0.331. The van der Waals surface area contributed by atoms with Gasteiger partial charge in [-0.1, -0.05) is 23.2 Å². The third-order valence-corrected chi connectivity index (χ3v) is 4.91. The number of aliphatic hydroxyl groups excluding tert-OH is 1. The lowest BCUT2D eigenvalue weighted by molar-refractivity contribution is -0.116. The van der Waals surface area contributed by atoms with Crippen molar-refractivity contribution in [3.05, 3.63) is 49.4 Å². The van der Waals surface area contributed by atoms with E-state index in [0.717, 1.165) is 16.9 Å². The lowest BCUT2D eigenvalue weighted by Crippen LogP contribution is -2.20. The fourth-order valence-electron chi connectivity index (χ4n) is 2.34. The van der Waals surface area contributed by atoms with Gasteiger partial charge in [0.2, 0.25) is 5.91 Å². The van der Waals surface area contributed by atoms with Crippen LogP contribution in [-0.4, -0.2) is 11.0 Å². The number of thiophene rings is 1. The number of nitrogens with one attached hydrogen (secondary N) is 1. The fraction of sp³-hybridized carbons (Fsp3) is 0.214. The van der Waals surface area contributed by atoms with Crippen molar-refractivity contribution in [1.82, 2.24) is 0 Å². The number of rotatable bonds is 2. The first-order valence-electron chi connectivity index (χ1n) is 6.20. The quantitative estimate of drug-likeness (QED) is 0.858. The molecular weight excluding hydrogens is 336 g/mol. The Kier molecular flexibility index (Phi) is 3.92. The molecule has 3 nitrogen and oxygen atoms in total. The third kappa shape index (κ3) is 2.79. The number of carbonyl (C=O) groups excluding carboxylic acids is 1. The molecule has 2 aromatic rings. The number of aryl methyl sites for hydroxylation is 1. The highest BCUT2D eigenvalue weighted by molar-refractivity contribution is 7.20. The molecule has 0 fully saturated rings. The Morgan fingerprint density at radius 3 is 2.67 bits per heavy atom. The van der Waals surface area contributed by atoms with Gasteiger partial charge in [-0.25, -0.2) is 4.39 Å². The molecule has 1 atom stereocenters. The Balaban J connectivity index is 2.03. The van der Waals surface area contributed by atoms with Gasteiger partial charge in [0.25, 0.3) is 0 Å². The topological polar surface area (TPSA) is 49.3 Å². The van der Waals surface area contributed by atoms with E-state index in [1.165, 1.54) is 12.1 Å². The molecule has 2 N–H and O–H groups in total. The number of hydrogen-bond donors (Lipinski definition) is 2. The van der Waals surface area contributed by atoms with Crippen LogP contribution in [-0.2, 0) is 11.2 Å². The second-order valence-corrected chi connectivity index (χ2v) is 7.05.